The second kappa shape index (κ2) is 7.68. The maximum Gasteiger partial charge on any atom is 0.321 e. The molecule has 0 aliphatic heterocycles. The highest BCUT2D eigenvalue weighted by Crippen LogP contribution is 2.07. The summed E-state index contributed by atoms with van der Waals surface area (Å²) in [4.78, 5) is 23.4. The average molecular weight is 299 g/mol. The Morgan fingerprint density at radius 2 is 1.68 bits per heavy atom. The Morgan fingerprint density at radius 1 is 1.00 bits per heavy atom. The Bertz CT molecular complexity index is 627. The second-order valence-corrected chi connectivity index (χ2v) is 4.49. The predicted octanol–water partition coefficient (Wildman–Crippen LogP) is 1.79. The van der Waals surface area contributed by atoms with Gasteiger partial charge in [0.1, 0.15) is 12.4 Å². The zero-order valence-electron chi connectivity index (χ0n) is 11.9. The number of carbonyl (C=O) groups excluding carboxylic acids is 2. The van der Waals surface area contributed by atoms with E-state index in [0.717, 1.165) is 5.75 Å². The van der Waals surface area contributed by atoms with Crippen LogP contribution in [0.15, 0.2) is 54.6 Å². The Hall–Kier alpha value is -3.02. The Balaban J connectivity index is 1.69. The van der Waals surface area contributed by atoms with Crippen LogP contribution in [0.2, 0.25) is 0 Å². The molecule has 0 spiro atoms. The molecule has 2 aromatic carbocycles. The van der Waals surface area contributed by atoms with Crippen molar-refractivity contribution in [2.75, 3.05) is 18.9 Å². The van der Waals surface area contributed by atoms with Gasteiger partial charge in [0.2, 0.25) is 0 Å². The number of hydrogen-bond donors (Lipinski definition) is 3. The number of imide groups is 1. The minimum Gasteiger partial charge on any atom is -0.492 e. The lowest BCUT2D eigenvalue weighted by Crippen LogP contribution is -2.41. The lowest BCUT2D eigenvalue weighted by Gasteiger charge is -2.08. The monoisotopic (exact) mass is 299 g/mol. The van der Waals surface area contributed by atoms with Gasteiger partial charge in [-0.3, -0.25) is 10.1 Å². The molecule has 0 saturated heterocycles. The van der Waals surface area contributed by atoms with Crippen LogP contribution in [0.4, 0.5) is 10.5 Å². The standard InChI is InChI=1S/C16H17N3O3/c17-13-8-6-12(7-9-13)15(20)19-16(21)18-10-11-22-14-4-2-1-3-5-14/h1-9H,10-11,17H2,(H2,18,19,20,21). The molecule has 2 rings (SSSR count). The molecule has 0 unspecified atom stereocenters. The summed E-state index contributed by atoms with van der Waals surface area (Å²) in [5.74, 6) is 0.240. The molecule has 0 bridgehead atoms. The molecule has 0 aliphatic rings. The number of hydrogen-bond acceptors (Lipinski definition) is 4. The van der Waals surface area contributed by atoms with Crippen LogP contribution in [0.1, 0.15) is 10.4 Å². The fourth-order valence-corrected chi connectivity index (χ4v) is 1.70. The number of anilines is 1. The predicted molar refractivity (Wildman–Crippen MR) is 83.7 cm³/mol. The Kier molecular flexibility index (Phi) is 5.37. The summed E-state index contributed by atoms with van der Waals surface area (Å²) in [6, 6.07) is 15.0. The molecule has 0 saturated carbocycles. The van der Waals surface area contributed by atoms with Crippen molar-refractivity contribution in [1.82, 2.24) is 10.6 Å². The zero-order valence-corrected chi connectivity index (χ0v) is 11.9. The molecule has 22 heavy (non-hydrogen) atoms. The Morgan fingerprint density at radius 3 is 2.36 bits per heavy atom. The SMILES string of the molecule is Nc1ccc(C(=O)NC(=O)NCCOc2ccccc2)cc1. The summed E-state index contributed by atoms with van der Waals surface area (Å²) >= 11 is 0. The molecule has 0 aliphatic carbocycles. The minimum absolute atomic E-state index is 0.287. The van der Waals surface area contributed by atoms with Crippen LogP contribution in [-0.2, 0) is 0 Å². The van der Waals surface area contributed by atoms with E-state index < -0.39 is 11.9 Å². The van der Waals surface area contributed by atoms with Gasteiger partial charge in [-0.05, 0) is 36.4 Å². The van der Waals surface area contributed by atoms with Crippen molar-refractivity contribution in [1.29, 1.82) is 0 Å². The van der Waals surface area contributed by atoms with E-state index in [1.807, 2.05) is 30.3 Å². The molecule has 0 heterocycles. The molecule has 0 atom stereocenters. The topological polar surface area (TPSA) is 93.5 Å². The van der Waals surface area contributed by atoms with Gasteiger partial charge in [0.05, 0.1) is 6.54 Å². The number of rotatable bonds is 5. The van der Waals surface area contributed by atoms with E-state index in [2.05, 4.69) is 10.6 Å². The van der Waals surface area contributed by atoms with Crippen molar-refractivity contribution in [3.8, 4) is 5.75 Å². The van der Waals surface area contributed by atoms with Crippen LogP contribution in [0.25, 0.3) is 0 Å². The highest BCUT2D eigenvalue weighted by Gasteiger charge is 2.09. The van der Waals surface area contributed by atoms with E-state index in [-0.39, 0.29) is 6.54 Å². The van der Waals surface area contributed by atoms with E-state index in [9.17, 15) is 9.59 Å². The number of nitrogens with two attached hydrogens (primary N) is 1. The van der Waals surface area contributed by atoms with Crippen LogP contribution in [0, 0.1) is 0 Å². The van der Waals surface area contributed by atoms with Crippen LogP contribution < -0.4 is 21.1 Å². The van der Waals surface area contributed by atoms with Gasteiger partial charge >= 0.3 is 6.03 Å². The maximum atomic E-state index is 11.8. The van der Waals surface area contributed by atoms with E-state index >= 15 is 0 Å². The van der Waals surface area contributed by atoms with E-state index in [4.69, 9.17) is 10.5 Å². The van der Waals surface area contributed by atoms with Gasteiger partial charge in [0.25, 0.3) is 5.91 Å². The molecular formula is C16H17N3O3. The summed E-state index contributed by atoms with van der Waals surface area (Å²) < 4.78 is 5.42. The first-order valence-electron chi connectivity index (χ1n) is 6.78. The van der Waals surface area contributed by atoms with Crippen LogP contribution in [0.3, 0.4) is 0 Å². The number of nitrogens with one attached hydrogen (secondary N) is 2. The lowest BCUT2D eigenvalue weighted by molar-refractivity contribution is 0.0963. The molecule has 4 N–H and O–H groups in total. The van der Waals surface area contributed by atoms with E-state index in [0.29, 0.717) is 17.9 Å². The minimum atomic E-state index is -0.571. The number of nitrogen functional groups attached to an aromatic ring is 1. The van der Waals surface area contributed by atoms with Crippen LogP contribution in [-0.4, -0.2) is 25.1 Å². The number of carbonyl (C=O) groups is 2. The molecule has 0 fully saturated rings. The van der Waals surface area contributed by atoms with E-state index in [1.54, 1.807) is 24.3 Å². The number of urea groups is 1. The largest absolute Gasteiger partial charge is 0.492 e. The smallest absolute Gasteiger partial charge is 0.321 e. The van der Waals surface area contributed by atoms with Gasteiger partial charge in [0, 0.05) is 11.3 Å². The van der Waals surface area contributed by atoms with Crippen molar-refractivity contribution in [3.05, 3.63) is 60.2 Å². The van der Waals surface area contributed by atoms with Crippen LogP contribution >= 0.6 is 0 Å². The van der Waals surface area contributed by atoms with Crippen molar-refractivity contribution < 1.29 is 14.3 Å². The molecular weight excluding hydrogens is 282 g/mol. The quantitative estimate of drug-likeness (QED) is 0.579. The first kappa shape index (κ1) is 15.4. The van der Waals surface area contributed by atoms with Gasteiger partial charge < -0.3 is 15.8 Å². The molecule has 114 valence electrons. The number of benzene rings is 2. The lowest BCUT2D eigenvalue weighted by atomic mass is 10.2. The fourth-order valence-electron chi connectivity index (χ4n) is 1.70. The average Bonchev–Trinajstić information content (AvgIpc) is 2.53. The molecule has 6 nitrogen and oxygen atoms in total. The molecule has 6 heteroatoms. The number of ether oxygens (including phenoxy) is 1. The Labute approximate surface area is 128 Å². The van der Waals surface area contributed by atoms with Gasteiger partial charge in [0.15, 0.2) is 0 Å². The second-order valence-electron chi connectivity index (χ2n) is 4.49. The van der Waals surface area contributed by atoms with Gasteiger partial charge in [-0.2, -0.15) is 0 Å². The third kappa shape index (κ3) is 4.82. The third-order valence-electron chi connectivity index (χ3n) is 2.80. The summed E-state index contributed by atoms with van der Waals surface area (Å²) in [5.41, 5.74) is 6.45. The highest BCUT2D eigenvalue weighted by molar-refractivity contribution is 6.04. The summed E-state index contributed by atoms with van der Waals surface area (Å²) in [6.45, 7) is 0.600. The van der Waals surface area contributed by atoms with Gasteiger partial charge in [-0.1, -0.05) is 18.2 Å². The van der Waals surface area contributed by atoms with Crippen LogP contribution in [0.5, 0.6) is 5.75 Å². The molecule has 0 aromatic heterocycles. The van der Waals surface area contributed by atoms with Crippen molar-refractivity contribution in [3.63, 3.8) is 0 Å². The highest BCUT2D eigenvalue weighted by atomic mass is 16.5. The molecule has 2 aromatic rings. The number of amides is 3. The molecule has 0 radical (unpaired) electrons. The maximum absolute atomic E-state index is 11.8. The van der Waals surface area contributed by atoms with Crippen molar-refractivity contribution in [2.24, 2.45) is 0 Å². The molecule has 3 amide bonds. The summed E-state index contributed by atoms with van der Waals surface area (Å²) in [7, 11) is 0. The first-order chi connectivity index (χ1) is 10.6. The van der Waals surface area contributed by atoms with Gasteiger partial charge in [-0.15, -0.1) is 0 Å². The normalized spacial score (nSPS) is 9.82. The van der Waals surface area contributed by atoms with Crippen molar-refractivity contribution >= 4 is 17.6 Å². The van der Waals surface area contributed by atoms with Crippen molar-refractivity contribution in [2.45, 2.75) is 0 Å². The van der Waals surface area contributed by atoms with E-state index in [1.165, 1.54) is 0 Å². The van der Waals surface area contributed by atoms with Gasteiger partial charge in [-0.25, -0.2) is 4.79 Å². The first-order valence-corrected chi connectivity index (χ1v) is 6.78. The number of para-hydroxylation sites is 1. The zero-order chi connectivity index (χ0) is 15.8. The third-order valence-corrected chi connectivity index (χ3v) is 2.80. The fraction of sp³-hybridized carbons (Fsp3) is 0.125. The summed E-state index contributed by atoms with van der Waals surface area (Å²) in [6.07, 6.45) is 0. The summed E-state index contributed by atoms with van der Waals surface area (Å²) in [5, 5.41) is 4.77.